The molecule has 7 nitrogen and oxygen atoms in total. The highest BCUT2D eigenvalue weighted by Gasteiger charge is 2.46. The minimum absolute atomic E-state index is 0.0152. The molecule has 2 aliphatic carbocycles. The van der Waals surface area contributed by atoms with E-state index in [0.717, 1.165) is 66.4 Å². The Kier molecular flexibility index (Phi) is 5.56. The summed E-state index contributed by atoms with van der Waals surface area (Å²) in [6.45, 7) is 1.47. The Morgan fingerprint density at radius 1 is 1.24 bits per heavy atom. The van der Waals surface area contributed by atoms with Crippen LogP contribution in [-0.2, 0) is 19.4 Å². The summed E-state index contributed by atoms with van der Waals surface area (Å²) >= 11 is 7.83. The van der Waals surface area contributed by atoms with Crippen LogP contribution in [0.2, 0.25) is 5.15 Å². The van der Waals surface area contributed by atoms with E-state index in [4.69, 9.17) is 27.3 Å². The number of aliphatic hydroxyl groups is 1. The van der Waals surface area contributed by atoms with Crippen LogP contribution in [0, 0.1) is 5.41 Å². The van der Waals surface area contributed by atoms with Crippen molar-refractivity contribution in [3.8, 4) is 0 Å². The van der Waals surface area contributed by atoms with E-state index in [1.165, 1.54) is 17.3 Å². The molecule has 0 radical (unpaired) electrons. The maximum atomic E-state index is 10.1. The number of nitrogens with zero attached hydrogens (tertiary/aromatic N) is 5. The Balaban J connectivity index is 1.19. The first-order chi connectivity index (χ1) is 16.6. The van der Waals surface area contributed by atoms with Crippen LogP contribution in [0.1, 0.15) is 47.1 Å². The average molecular weight is 493 g/mol. The number of aliphatic hydroxyl groups excluding tert-OH is 1. The van der Waals surface area contributed by atoms with E-state index in [0.29, 0.717) is 15.9 Å². The fraction of sp³-hybridized carbons (Fsp3) is 0.360. The lowest BCUT2D eigenvalue weighted by molar-refractivity contribution is 0.186. The number of hydrogen-bond acceptors (Lipinski definition) is 8. The van der Waals surface area contributed by atoms with Crippen molar-refractivity contribution < 1.29 is 5.11 Å². The van der Waals surface area contributed by atoms with Gasteiger partial charge in [0.1, 0.15) is 15.9 Å². The summed E-state index contributed by atoms with van der Waals surface area (Å²) in [5.74, 6) is 0.742. The molecule has 1 spiro atoms. The second-order valence-electron chi connectivity index (χ2n) is 9.21. The van der Waals surface area contributed by atoms with Crippen molar-refractivity contribution in [2.45, 2.75) is 48.3 Å². The predicted octanol–water partition coefficient (Wildman–Crippen LogP) is 3.98. The summed E-state index contributed by atoms with van der Waals surface area (Å²) in [5, 5.41) is 11.2. The summed E-state index contributed by atoms with van der Waals surface area (Å²) in [4.78, 5) is 21.5. The number of fused-ring (bicyclic) bond motifs is 2. The second-order valence-corrected chi connectivity index (χ2v) is 10.6. The zero-order valence-corrected chi connectivity index (χ0v) is 20.2. The molecule has 3 aliphatic rings. The largest absolute Gasteiger partial charge is 0.390 e. The van der Waals surface area contributed by atoms with Crippen molar-refractivity contribution in [1.29, 1.82) is 0 Å². The van der Waals surface area contributed by atoms with Crippen LogP contribution in [0.3, 0.4) is 0 Å². The van der Waals surface area contributed by atoms with Gasteiger partial charge in [-0.1, -0.05) is 35.5 Å². The molecular formula is C25H25ClN6OS. The summed E-state index contributed by atoms with van der Waals surface area (Å²) in [6, 6.07) is 6.16. The Morgan fingerprint density at radius 2 is 2.09 bits per heavy atom. The van der Waals surface area contributed by atoms with Crippen LogP contribution >= 0.6 is 23.4 Å². The fourth-order valence-corrected chi connectivity index (χ4v) is 6.52. The third-order valence-electron chi connectivity index (χ3n) is 7.33. The van der Waals surface area contributed by atoms with E-state index in [1.54, 1.807) is 6.20 Å². The zero-order chi connectivity index (χ0) is 23.3. The molecule has 1 atom stereocenters. The van der Waals surface area contributed by atoms with Gasteiger partial charge in [-0.05, 0) is 60.4 Å². The number of aromatic nitrogens is 4. The molecule has 3 aromatic heterocycles. The summed E-state index contributed by atoms with van der Waals surface area (Å²) < 4.78 is 0. The minimum Gasteiger partial charge on any atom is -0.390 e. The van der Waals surface area contributed by atoms with Crippen LogP contribution in [0.4, 0.5) is 5.82 Å². The molecule has 1 saturated heterocycles. The zero-order valence-electron chi connectivity index (χ0n) is 18.6. The second kappa shape index (κ2) is 8.61. The van der Waals surface area contributed by atoms with Crippen molar-refractivity contribution >= 4 is 35.3 Å². The Morgan fingerprint density at radius 3 is 2.88 bits per heavy atom. The molecule has 4 heterocycles. The number of nitrogens with two attached hydrogens (primary N) is 1. The van der Waals surface area contributed by atoms with Crippen LogP contribution < -0.4 is 10.6 Å². The monoisotopic (exact) mass is 492 g/mol. The highest BCUT2D eigenvalue weighted by molar-refractivity contribution is 7.99. The van der Waals surface area contributed by atoms with E-state index in [1.807, 2.05) is 18.3 Å². The number of hydrogen-bond donors (Lipinski definition) is 2. The maximum absolute atomic E-state index is 10.1. The first kappa shape index (κ1) is 22.0. The van der Waals surface area contributed by atoms with Crippen molar-refractivity contribution in [2.24, 2.45) is 11.1 Å². The summed E-state index contributed by atoms with van der Waals surface area (Å²) in [5.41, 5.74) is 11.7. The van der Waals surface area contributed by atoms with Gasteiger partial charge in [-0.3, -0.25) is 4.98 Å². The van der Waals surface area contributed by atoms with Gasteiger partial charge in [0.2, 0.25) is 0 Å². The lowest BCUT2D eigenvalue weighted by Crippen LogP contribution is -2.45. The molecule has 0 saturated carbocycles. The van der Waals surface area contributed by atoms with Gasteiger partial charge in [-0.2, -0.15) is 0 Å². The van der Waals surface area contributed by atoms with Crippen LogP contribution in [0.15, 0.2) is 46.6 Å². The van der Waals surface area contributed by atoms with E-state index in [9.17, 15) is 5.11 Å². The molecule has 0 amide bonds. The number of rotatable bonds is 4. The smallest absolute Gasteiger partial charge is 0.152 e. The van der Waals surface area contributed by atoms with Gasteiger partial charge in [0.05, 0.1) is 23.4 Å². The number of allylic oxidation sites excluding steroid dienone is 1. The van der Waals surface area contributed by atoms with Gasteiger partial charge in [0.15, 0.2) is 5.82 Å². The third-order valence-corrected chi connectivity index (χ3v) is 8.67. The van der Waals surface area contributed by atoms with Crippen molar-refractivity contribution in [3.05, 3.63) is 70.0 Å². The normalized spacial score (nSPS) is 20.1. The van der Waals surface area contributed by atoms with Gasteiger partial charge in [-0.15, -0.1) is 0 Å². The number of anilines is 1. The first-order valence-electron chi connectivity index (χ1n) is 11.5. The Hall–Kier alpha value is -2.52. The molecule has 1 fully saturated rings. The highest BCUT2D eigenvalue weighted by atomic mass is 35.5. The van der Waals surface area contributed by atoms with E-state index in [-0.39, 0.29) is 18.1 Å². The molecule has 174 valence electrons. The van der Waals surface area contributed by atoms with E-state index < -0.39 is 0 Å². The van der Waals surface area contributed by atoms with Crippen molar-refractivity contribution in [1.82, 2.24) is 19.9 Å². The van der Waals surface area contributed by atoms with Crippen LogP contribution in [0.5, 0.6) is 0 Å². The Bertz CT molecular complexity index is 1290. The minimum atomic E-state index is -0.173. The first-order valence-corrected chi connectivity index (χ1v) is 12.7. The van der Waals surface area contributed by atoms with Crippen LogP contribution in [-0.4, -0.2) is 38.1 Å². The number of halogens is 1. The van der Waals surface area contributed by atoms with Crippen LogP contribution in [0.25, 0.3) is 6.08 Å². The Labute approximate surface area is 207 Å². The van der Waals surface area contributed by atoms with Crippen molar-refractivity contribution in [3.63, 3.8) is 0 Å². The topological polar surface area (TPSA) is 101 Å². The molecule has 34 heavy (non-hydrogen) atoms. The predicted molar refractivity (Wildman–Crippen MR) is 133 cm³/mol. The quantitative estimate of drug-likeness (QED) is 0.527. The molecule has 3 aromatic rings. The number of pyridine rings is 2. The van der Waals surface area contributed by atoms with Crippen molar-refractivity contribution in [2.75, 3.05) is 18.0 Å². The van der Waals surface area contributed by atoms with E-state index >= 15 is 0 Å². The molecule has 0 unspecified atom stereocenters. The average Bonchev–Trinajstić information content (AvgIpc) is 3.42. The molecule has 1 aliphatic heterocycles. The highest BCUT2D eigenvalue weighted by Crippen LogP contribution is 2.50. The van der Waals surface area contributed by atoms with E-state index in [2.05, 4.69) is 33.1 Å². The SMILES string of the molecule is N[C@@H]1c2cccnc2CC12CCN(c1ncc(Sc3cc4c(nc3Cl)C=CC4)nc1CO)CC2. The lowest BCUT2D eigenvalue weighted by atomic mass is 9.73. The number of piperidine rings is 1. The molecular weight excluding hydrogens is 468 g/mol. The molecule has 3 N–H and O–H groups in total. The fourth-order valence-electron chi connectivity index (χ4n) is 5.44. The maximum Gasteiger partial charge on any atom is 0.152 e. The molecule has 0 bridgehead atoms. The molecule has 9 heteroatoms. The summed E-state index contributed by atoms with van der Waals surface area (Å²) in [7, 11) is 0. The van der Waals surface area contributed by atoms with Gasteiger partial charge in [0.25, 0.3) is 0 Å². The van der Waals surface area contributed by atoms with Gasteiger partial charge in [-0.25, -0.2) is 15.0 Å². The molecule has 6 rings (SSSR count). The van der Waals surface area contributed by atoms with Gasteiger partial charge < -0.3 is 15.7 Å². The third kappa shape index (κ3) is 3.69. The van der Waals surface area contributed by atoms with Gasteiger partial charge in [0, 0.05) is 31.0 Å². The van der Waals surface area contributed by atoms with Gasteiger partial charge >= 0.3 is 0 Å². The lowest BCUT2D eigenvalue weighted by Gasteiger charge is -2.42. The standard InChI is InChI=1S/C25H25ClN6OS/c26-23-20(11-15-3-1-5-17(15)31-23)34-21-13-29-24(19(14-33)30-21)32-9-6-25(7-10-32)12-18-16(22(25)27)4-2-8-28-18/h1-2,4-5,8,11,13,22,33H,3,6-7,9-10,12,14,27H2/t22-/m1/s1. The molecule has 0 aromatic carbocycles. The summed E-state index contributed by atoms with van der Waals surface area (Å²) in [6.07, 6.45) is 11.4.